The molecule has 2 N–H and O–H groups in total. The van der Waals surface area contributed by atoms with Gasteiger partial charge in [-0.15, -0.1) is 11.3 Å². The fourth-order valence-corrected chi connectivity index (χ4v) is 2.78. The molecule has 22 heavy (non-hydrogen) atoms. The molecule has 0 saturated heterocycles. The third-order valence-electron chi connectivity index (χ3n) is 3.42. The van der Waals surface area contributed by atoms with E-state index in [1.54, 1.807) is 5.38 Å². The second kappa shape index (κ2) is 6.33. The summed E-state index contributed by atoms with van der Waals surface area (Å²) in [6, 6.07) is 5.87. The van der Waals surface area contributed by atoms with Crippen molar-refractivity contribution in [1.29, 1.82) is 0 Å². The van der Waals surface area contributed by atoms with E-state index in [1.165, 1.54) is 11.3 Å². The number of thiazole rings is 1. The topological polar surface area (TPSA) is 72.5 Å². The molecule has 1 unspecified atom stereocenters. The Morgan fingerprint density at radius 1 is 1.41 bits per heavy atom. The maximum absolute atomic E-state index is 12.1. The first-order chi connectivity index (χ1) is 10.7. The van der Waals surface area contributed by atoms with Gasteiger partial charge in [-0.25, -0.2) is 4.98 Å². The lowest BCUT2D eigenvalue weighted by atomic mass is 10.2. The van der Waals surface area contributed by atoms with Crippen LogP contribution in [0.2, 0.25) is 0 Å². The zero-order valence-corrected chi connectivity index (χ0v) is 13.2. The summed E-state index contributed by atoms with van der Waals surface area (Å²) < 4.78 is 10.6. The Balaban J connectivity index is 1.72. The maximum atomic E-state index is 12.1. The normalized spacial score (nSPS) is 13.9. The fourth-order valence-electron chi connectivity index (χ4n) is 1.98. The van der Waals surface area contributed by atoms with Crippen molar-refractivity contribution in [3.63, 3.8) is 0 Å². The Morgan fingerprint density at radius 3 is 3.05 bits per heavy atom. The fraction of sp³-hybridized carbons (Fsp3) is 0.333. The summed E-state index contributed by atoms with van der Waals surface area (Å²) in [6.07, 6.45) is 0. The zero-order valence-electron chi connectivity index (χ0n) is 12.4. The number of aromatic nitrogens is 1. The maximum Gasteiger partial charge on any atom is 0.270 e. The molecule has 6 nitrogen and oxygen atoms in total. The second-order valence-corrected chi connectivity index (χ2v) is 5.86. The number of carbonyl (C=O) groups is 1. The van der Waals surface area contributed by atoms with Crippen molar-refractivity contribution >= 4 is 17.2 Å². The van der Waals surface area contributed by atoms with Crippen LogP contribution in [0.1, 0.15) is 17.4 Å². The Morgan fingerprint density at radius 2 is 2.23 bits per heavy atom. The molecule has 3 rings (SSSR count). The number of nitrogens with one attached hydrogen (secondary N) is 2. The number of rotatable bonds is 5. The van der Waals surface area contributed by atoms with Crippen LogP contribution in [-0.4, -0.2) is 37.3 Å². The van der Waals surface area contributed by atoms with E-state index in [0.29, 0.717) is 18.0 Å². The third kappa shape index (κ3) is 3.05. The van der Waals surface area contributed by atoms with Crippen LogP contribution in [0.4, 0.5) is 0 Å². The number of hydrogen-bond acceptors (Lipinski definition) is 6. The van der Waals surface area contributed by atoms with Crippen molar-refractivity contribution in [2.75, 3.05) is 20.4 Å². The summed E-state index contributed by atoms with van der Waals surface area (Å²) in [6.45, 7) is 2.81. The molecule has 0 bridgehead atoms. The number of hydrogen-bond donors (Lipinski definition) is 2. The van der Waals surface area contributed by atoms with Gasteiger partial charge in [-0.2, -0.15) is 0 Å². The summed E-state index contributed by atoms with van der Waals surface area (Å²) >= 11 is 1.43. The number of carbonyl (C=O) groups excluding carboxylic acids is 1. The number of amides is 1. The molecule has 0 aliphatic carbocycles. The first-order valence-corrected chi connectivity index (χ1v) is 7.86. The Kier molecular flexibility index (Phi) is 4.26. The van der Waals surface area contributed by atoms with Gasteiger partial charge in [-0.1, -0.05) is 0 Å². The molecule has 116 valence electrons. The van der Waals surface area contributed by atoms with Crippen LogP contribution in [0.25, 0.3) is 10.6 Å². The molecule has 7 heteroatoms. The van der Waals surface area contributed by atoms with E-state index in [1.807, 2.05) is 32.2 Å². The number of ether oxygens (including phenoxy) is 2. The molecule has 1 amide bonds. The SMILES string of the molecule is CNC(C)CNC(=O)c1csc(-c2ccc3c(c2)OCO3)n1. The molecule has 0 spiro atoms. The van der Waals surface area contributed by atoms with Crippen LogP contribution in [0.15, 0.2) is 23.6 Å². The zero-order chi connectivity index (χ0) is 15.5. The molecule has 1 aliphatic heterocycles. The minimum atomic E-state index is -0.162. The van der Waals surface area contributed by atoms with Gasteiger partial charge in [0.15, 0.2) is 11.5 Å². The second-order valence-electron chi connectivity index (χ2n) is 5.01. The van der Waals surface area contributed by atoms with Gasteiger partial charge in [-0.05, 0) is 32.2 Å². The van der Waals surface area contributed by atoms with Crippen LogP contribution >= 0.6 is 11.3 Å². The van der Waals surface area contributed by atoms with E-state index in [9.17, 15) is 4.79 Å². The van der Waals surface area contributed by atoms with Crippen molar-refractivity contribution < 1.29 is 14.3 Å². The average molecular weight is 319 g/mol. The number of nitrogens with zero attached hydrogens (tertiary/aromatic N) is 1. The molecule has 2 heterocycles. The smallest absolute Gasteiger partial charge is 0.270 e. The van der Waals surface area contributed by atoms with Crippen molar-refractivity contribution in [2.45, 2.75) is 13.0 Å². The van der Waals surface area contributed by atoms with Crippen LogP contribution < -0.4 is 20.1 Å². The number of fused-ring (bicyclic) bond motifs is 1. The minimum absolute atomic E-state index is 0.162. The number of benzene rings is 1. The Hall–Kier alpha value is -2.12. The quantitative estimate of drug-likeness (QED) is 0.880. The molecule has 1 aliphatic rings. The van der Waals surface area contributed by atoms with Crippen LogP contribution in [-0.2, 0) is 0 Å². The van der Waals surface area contributed by atoms with Gasteiger partial charge in [0, 0.05) is 23.5 Å². The van der Waals surface area contributed by atoms with E-state index >= 15 is 0 Å². The van der Waals surface area contributed by atoms with E-state index in [4.69, 9.17) is 9.47 Å². The van der Waals surface area contributed by atoms with Gasteiger partial charge in [0.1, 0.15) is 10.7 Å². The molecule has 1 aromatic carbocycles. The first kappa shape index (κ1) is 14.8. The van der Waals surface area contributed by atoms with Crippen molar-refractivity contribution in [2.24, 2.45) is 0 Å². The largest absolute Gasteiger partial charge is 0.454 e. The molecular formula is C15H17N3O3S. The van der Waals surface area contributed by atoms with E-state index in [0.717, 1.165) is 16.3 Å². The van der Waals surface area contributed by atoms with Crippen molar-refractivity contribution in [3.05, 3.63) is 29.3 Å². The van der Waals surface area contributed by atoms with Crippen molar-refractivity contribution in [1.82, 2.24) is 15.6 Å². The molecule has 0 radical (unpaired) electrons. The summed E-state index contributed by atoms with van der Waals surface area (Å²) in [5.41, 5.74) is 1.35. The summed E-state index contributed by atoms with van der Waals surface area (Å²) in [5.74, 6) is 1.28. The minimum Gasteiger partial charge on any atom is -0.454 e. The lowest BCUT2D eigenvalue weighted by Gasteiger charge is -2.10. The molecule has 1 aromatic heterocycles. The van der Waals surface area contributed by atoms with Crippen molar-refractivity contribution in [3.8, 4) is 22.1 Å². The lowest BCUT2D eigenvalue weighted by molar-refractivity contribution is 0.0946. The van der Waals surface area contributed by atoms with E-state index in [-0.39, 0.29) is 18.7 Å². The molecule has 0 fully saturated rings. The van der Waals surface area contributed by atoms with E-state index in [2.05, 4.69) is 15.6 Å². The first-order valence-electron chi connectivity index (χ1n) is 6.98. The number of likely N-dealkylation sites (N-methyl/N-ethyl adjacent to an activating group) is 1. The van der Waals surface area contributed by atoms with Crippen LogP contribution in [0.3, 0.4) is 0 Å². The highest BCUT2D eigenvalue weighted by Gasteiger charge is 2.17. The molecular weight excluding hydrogens is 302 g/mol. The standard InChI is InChI=1S/C15H17N3O3S/c1-9(16-2)6-17-14(19)11-7-22-15(18-11)10-3-4-12-13(5-10)21-8-20-12/h3-5,7,9,16H,6,8H2,1-2H3,(H,17,19). The van der Waals surface area contributed by atoms with Gasteiger partial charge in [-0.3, -0.25) is 4.79 Å². The van der Waals surface area contributed by atoms with Gasteiger partial charge in [0.25, 0.3) is 5.91 Å². The van der Waals surface area contributed by atoms with Gasteiger partial charge >= 0.3 is 0 Å². The highest BCUT2D eigenvalue weighted by molar-refractivity contribution is 7.13. The monoisotopic (exact) mass is 319 g/mol. The molecule has 0 saturated carbocycles. The van der Waals surface area contributed by atoms with Gasteiger partial charge in [0.05, 0.1) is 0 Å². The predicted octanol–water partition coefficient (Wildman–Crippen LogP) is 1.88. The molecule has 2 aromatic rings. The highest BCUT2D eigenvalue weighted by atomic mass is 32.1. The summed E-state index contributed by atoms with van der Waals surface area (Å²) in [4.78, 5) is 16.5. The summed E-state index contributed by atoms with van der Waals surface area (Å²) in [7, 11) is 1.86. The van der Waals surface area contributed by atoms with Gasteiger partial charge < -0.3 is 20.1 Å². The third-order valence-corrected chi connectivity index (χ3v) is 4.31. The Bertz CT molecular complexity index is 686. The average Bonchev–Trinajstić information content (AvgIpc) is 3.20. The predicted molar refractivity (Wildman–Crippen MR) is 84.5 cm³/mol. The Labute approximate surface area is 132 Å². The van der Waals surface area contributed by atoms with Gasteiger partial charge in [0.2, 0.25) is 6.79 Å². The molecule has 1 atom stereocenters. The van der Waals surface area contributed by atoms with E-state index < -0.39 is 0 Å². The lowest BCUT2D eigenvalue weighted by Crippen LogP contribution is -2.37. The van der Waals surface area contributed by atoms with Crippen LogP contribution in [0, 0.1) is 0 Å². The summed E-state index contributed by atoms with van der Waals surface area (Å²) in [5, 5.41) is 8.47. The highest BCUT2D eigenvalue weighted by Crippen LogP contribution is 2.36. The van der Waals surface area contributed by atoms with Crippen LogP contribution in [0.5, 0.6) is 11.5 Å².